The lowest BCUT2D eigenvalue weighted by atomic mass is 9.96. The molecule has 2 N–H and O–H groups in total. The summed E-state index contributed by atoms with van der Waals surface area (Å²) in [5.74, 6) is -0.241. The molecule has 3 rings (SSSR count). The number of ether oxygens (including phenoxy) is 2. The standard InChI is InChI=1S/C19H28N2O3S2/c1-2-23-18(22)16-14-9-5-3-4-6-10-15(14)26-17(16)21-19(25)20-12-13-8-7-11-24-13/h13H,2-12H2,1H3,(H2,20,21,25)/t13-/m1/s1. The molecule has 1 aromatic rings. The van der Waals surface area contributed by atoms with Crippen molar-refractivity contribution in [2.24, 2.45) is 0 Å². The summed E-state index contributed by atoms with van der Waals surface area (Å²) in [4.78, 5) is 13.9. The molecule has 0 radical (unpaired) electrons. The number of rotatable bonds is 5. The monoisotopic (exact) mass is 396 g/mol. The van der Waals surface area contributed by atoms with Gasteiger partial charge in [-0.25, -0.2) is 4.79 Å². The zero-order valence-electron chi connectivity index (χ0n) is 15.4. The molecule has 144 valence electrons. The predicted molar refractivity (Wildman–Crippen MR) is 109 cm³/mol. The van der Waals surface area contributed by atoms with Crippen LogP contribution in [0.1, 0.15) is 66.2 Å². The lowest BCUT2D eigenvalue weighted by Crippen LogP contribution is -2.35. The van der Waals surface area contributed by atoms with Gasteiger partial charge in [-0.15, -0.1) is 11.3 Å². The van der Waals surface area contributed by atoms with E-state index in [2.05, 4.69) is 10.6 Å². The Balaban J connectivity index is 1.74. The molecule has 1 aliphatic heterocycles. The van der Waals surface area contributed by atoms with Crippen molar-refractivity contribution >= 4 is 39.6 Å². The van der Waals surface area contributed by atoms with Crippen molar-refractivity contribution in [1.82, 2.24) is 5.32 Å². The Bertz CT molecular complexity index is 639. The molecule has 0 aromatic carbocycles. The Kier molecular flexibility index (Phi) is 7.28. The quantitative estimate of drug-likeness (QED) is 0.578. The number of carbonyl (C=O) groups excluding carboxylic acids is 1. The van der Waals surface area contributed by atoms with E-state index in [0.717, 1.165) is 49.3 Å². The van der Waals surface area contributed by atoms with E-state index in [4.69, 9.17) is 21.7 Å². The van der Waals surface area contributed by atoms with Crippen LogP contribution in [-0.4, -0.2) is 36.9 Å². The molecular formula is C19H28N2O3S2. The van der Waals surface area contributed by atoms with E-state index < -0.39 is 0 Å². The molecule has 2 aliphatic rings. The Morgan fingerprint density at radius 2 is 2.08 bits per heavy atom. The van der Waals surface area contributed by atoms with Crippen molar-refractivity contribution in [2.75, 3.05) is 25.1 Å². The zero-order chi connectivity index (χ0) is 18.4. The minimum atomic E-state index is -0.241. The first-order chi connectivity index (χ1) is 12.7. The van der Waals surface area contributed by atoms with Gasteiger partial charge >= 0.3 is 5.97 Å². The van der Waals surface area contributed by atoms with Gasteiger partial charge in [0.05, 0.1) is 18.3 Å². The van der Waals surface area contributed by atoms with Crippen LogP contribution in [0, 0.1) is 0 Å². The van der Waals surface area contributed by atoms with Crippen molar-refractivity contribution in [3.8, 4) is 0 Å². The molecule has 0 bridgehead atoms. The summed E-state index contributed by atoms with van der Waals surface area (Å²) in [6.07, 6.45) is 9.16. The van der Waals surface area contributed by atoms with Crippen molar-refractivity contribution in [1.29, 1.82) is 0 Å². The average Bonchev–Trinajstić information content (AvgIpc) is 3.21. The molecule has 0 saturated carbocycles. The molecule has 2 heterocycles. The highest BCUT2D eigenvalue weighted by atomic mass is 32.1. The van der Waals surface area contributed by atoms with Gasteiger partial charge in [0.2, 0.25) is 0 Å². The fourth-order valence-electron chi connectivity index (χ4n) is 3.59. The van der Waals surface area contributed by atoms with Crippen molar-refractivity contribution < 1.29 is 14.3 Å². The van der Waals surface area contributed by atoms with Crippen molar-refractivity contribution in [3.63, 3.8) is 0 Å². The van der Waals surface area contributed by atoms with Crippen LogP contribution in [0.4, 0.5) is 5.00 Å². The van der Waals surface area contributed by atoms with Crippen LogP contribution in [0.2, 0.25) is 0 Å². The Labute approximate surface area is 164 Å². The second-order valence-corrected chi connectivity index (χ2v) is 8.33. The normalized spacial score (nSPS) is 20.0. The first-order valence-electron chi connectivity index (χ1n) is 9.67. The van der Waals surface area contributed by atoms with E-state index >= 15 is 0 Å². The molecule has 1 aliphatic carbocycles. The van der Waals surface area contributed by atoms with Crippen LogP contribution in [0.25, 0.3) is 0 Å². The van der Waals surface area contributed by atoms with E-state index in [9.17, 15) is 4.79 Å². The fourth-order valence-corrected chi connectivity index (χ4v) is 5.12. The minimum Gasteiger partial charge on any atom is -0.462 e. The molecule has 0 unspecified atom stereocenters. The lowest BCUT2D eigenvalue weighted by molar-refractivity contribution is 0.0526. The SMILES string of the molecule is CCOC(=O)c1c(NC(=S)NC[C@H]2CCCO2)sc2c1CCCCCC2. The van der Waals surface area contributed by atoms with Crippen LogP contribution in [0.15, 0.2) is 0 Å². The predicted octanol–water partition coefficient (Wildman–Crippen LogP) is 4.05. The highest BCUT2D eigenvalue weighted by molar-refractivity contribution is 7.80. The van der Waals surface area contributed by atoms with E-state index in [1.807, 2.05) is 6.92 Å². The third-order valence-electron chi connectivity index (χ3n) is 4.89. The van der Waals surface area contributed by atoms with Crippen LogP contribution < -0.4 is 10.6 Å². The Hall–Kier alpha value is -1.18. The molecule has 26 heavy (non-hydrogen) atoms. The second kappa shape index (κ2) is 9.67. The largest absolute Gasteiger partial charge is 0.462 e. The number of anilines is 1. The smallest absolute Gasteiger partial charge is 0.341 e. The number of thiophene rings is 1. The number of nitrogens with one attached hydrogen (secondary N) is 2. The molecule has 7 heteroatoms. The maximum Gasteiger partial charge on any atom is 0.341 e. The van der Waals surface area contributed by atoms with Crippen LogP contribution in [0.5, 0.6) is 0 Å². The summed E-state index contributed by atoms with van der Waals surface area (Å²) < 4.78 is 11.0. The molecule has 1 saturated heterocycles. The zero-order valence-corrected chi connectivity index (χ0v) is 17.0. The van der Waals surface area contributed by atoms with Crippen LogP contribution in [0.3, 0.4) is 0 Å². The molecule has 0 amide bonds. The second-order valence-electron chi connectivity index (χ2n) is 6.81. The highest BCUT2D eigenvalue weighted by Crippen LogP contribution is 2.37. The summed E-state index contributed by atoms with van der Waals surface area (Å²) in [5.41, 5.74) is 1.85. The van der Waals surface area contributed by atoms with Crippen molar-refractivity contribution in [2.45, 2.75) is 64.4 Å². The maximum absolute atomic E-state index is 12.6. The van der Waals surface area contributed by atoms with E-state index in [1.54, 1.807) is 11.3 Å². The molecule has 1 atom stereocenters. The number of aryl methyl sites for hydroxylation is 1. The van der Waals surface area contributed by atoms with Gasteiger partial charge in [0.1, 0.15) is 5.00 Å². The number of hydrogen-bond donors (Lipinski definition) is 2. The van der Waals surface area contributed by atoms with Gasteiger partial charge in [-0.3, -0.25) is 0 Å². The number of thiocarbonyl (C=S) groups is 1. The molecule has 5 nitrogen and oxygen atoms in total. The minimum absolute atomic E-state index is 0.225. The maximum atomic E-state index is 12.6. The van der Waals surface area contributed by atoms with Gasteiger partial charge in [-0.05, 0) is 63.2 Å². The van der Waals surface area contributed by atoms with E-state index in [1.165, 1.54) is 24.1 Å². The fraction of sp³-hybridized carbons (Fsp3) is 0.684. The average molecular weight is 397 g/mol. The van der Waals surface area contributed by atoms with Gasteiger partial charge in [-0.2, -0.15) is 0 Å². The summed E-state index contributed by atoms with van der Waals surface area (Å²) >= 11 is 7.11. The highest BCUT2D eigenvalue weighted by Gasteiger charge is 2.26. The lowest BCUT2D eigenvalue weighted by Gasteiger charge is -2.14. The summed E-state index contributed by atoms with van der Waals surface area (Å²) in [6.45, 7) is 3.75. The Morgan fingerprint density at radius 1 is 1.27 bits per heavy atom. The Morgan fingerprint density at radius 3 is 2.81 bits per heavy atom. The van der Waals surface area contributed by atoms with Gasteiger partial charge in [0.25, 0.3) is 0 Å². The molecular weight excluding hydrogens is 368 g/mol. The van der Waals surface area contributed by atoms with Crippen molar-refractivity contribution in [3.05, 3.63) is 16.0 Å². The van der Waals surface area contributed by atoms with Gasteiger partial charge < -0.3 is 20.1 Å². The number of hydrogen-bond acceptors (Lipinski definition) is 5. The summed E-state index contributed by atoms with van der Waals surface area (Å²) in [5, 5.41) is 7.84. The van der Waals surface area contributed by atoms with E-state index in [0.29, 0.717) is 23.8 Å². The van der Waals surface area contributed by atoms with Crippen LogP contribution in [-0.2, 0) is 22.3 Å². The third kappa shape index (κ3) is 4.96. The van der Waals surface area contributed by atoms with Gasteiger partial charge in [-0.1, -0.05) is 12.8 Å². The number of fused-ring (bicyclic) bond motifs is 1. The first kappa shape index (κ1) is 19.6. The number of carbonyl (C=O) groups is 1. The third-order valence-corrected chi connectivity index (χ3v) is 6.35. The number of esters is 1. The van der Waals surface area contributed by atoms with Gasteiger partial charge in [0.15, 0.2) is 5.11 Å². The summed E-state index contributed by atoms with van der Waals surface area (Å²) in [6, 6.07) is 0. The molecule has 1 fully saturated rings. The van der Waals surface area contributed by atoms with E-state index in [-0.39, 0.29) is 12.1 Å². The molecule has 0 spiro atoms. The molecule has 1 aromatic heterocycles. The van der Waals surface area contributed by atoms with Crippen LogP contribution >= 0.6 is 23.6 Å². The summed E-state index contributed by atoms with van der Waals surface area (Å²) in [7, 11) is 0. The topological polar surface area (TPSA) is 59.6 Å². The van der Waals surface area contributed by atoms with Gasteiger partial charge in [0, 0.05) is 18.0 Å². The first-order valence-corrected chi connectivity index (χ1v) is 10.9.